The Kier molecular flexibility index (Phi) is 8.25. The predicted octanol–water partition coefficient (Wildman–Crippen LogP) is 4.09. The lowest BCUT2D eigenvalue weighted by Gasteiger charge is -2.39. The lowest BCUT2D eigenvalue weighted by molar-refractivity contribution is 0.0699. The average Bonchev–Trinajstić information content (AvgIpc) is 3.45. The minimum atomic E-state index is -0.952. The number of hydrogen-bond donors (Lipinski definition) is 4. The van der Waals surface area contributed by atoms with Gasteiger partial charge >= 0.3 is 5.97 Å². The van der Waals surface area contributed by atoms with Crippen LogP contribution in [0.1, 0.15) is 66.2 Å². The van der Waals surface area contributed by atoms with Gasteiger partial charge in [-0.3, -0.25) is 4.79 Å². The van der Waals surface area contributed by atoms with Crippen LogP contribution in [-0.2, 0) is 6.42 Å². The molecule has 35 heavy (non-hydrogen) atoms. The fraction of sp³-hybridized carbons (Fsp3) is 0.500. The number of aromatic amines is 1. The van der Waals surface area contributed by atoms with Crippen LogP contribution in [0.2, 0.25) is 5.15 Å². The Morgan fingerprint density at radius 2 is 2.09 bits per heavy atom. The number of carboxylic acid groups (broad SMARTS) is 1. The number of carbonyl (C=O) groups excluding carboxylic acids is 1. The zero-order chi connectivity index (χ0) is 24.9. The fourth-order valence-corrected chi connectivity index (χ4v) is 5.75. The summed E-state index contributed by atoms with van der Waals surface area (Å²) in [7, 11) is 0. The number of carbonyl (C=O) groups is 2. The second-order valence-electron chi connectivity index (χ2n) is 8.75. The van der Waals surface area contributed by atoms with E-state index in [4.69, 9.17) is 16.6 Å². The molecule has 1 aromatic carbocycles. The van der Waals surface area contributed by atoms with Gasteiger partial charge in [-0.1, -0.05) is 55.7 Å². The van der Waals surface area contributed by atoms with E-state index >= 15 is 0 Å². The van der Waals surface area contributed by atoms with Crippen LogP contribution >= 0.6 is 22.9 Å². The SMILES string of the molecule is CCCCCN[C@H]1CN(c2nc3cccc(C(=O)O)c3s2)CC[C@H]1NC(=O)c1nc(Cl)c(CC)[nH]1. The van der Waals surface area contributed by atoms with E-state index in [-0.39, 0.29) is 29.4 Å². The number of H-pyrrole nitrogens is 1. The van der Waals surface area contributed by atoms with Gasteiger partial charge in [-0.05, 0) is 37.9 Å². The summed E-state index contributed by atoms with van der Waals surface area (Å²) < 4.78 is 0.680. The Bertz CT molecular complexity index is 1200. The number of hydrogen-bond acceptors (Lipinski definition) is 7. The summed E-state index contributed by atoms with van der Waals surface area (Å²) >= 11 is 7.53. The number of nitrogens with zero attached hydrogens (tertiary/aromatic N) is 3. The molecule has 1 amide bonds. The molecule has 0 spiro atoms. The highest BCUT2D eigenvalue weighted by Crippen LogP contribution is 2.33. The molecule has 0 bridgehead atoms. The molecule has 0 saturated carbocycles. The summed E-state index contributed by atoms with van der Waals surface area (Å²) in [6, 6.07) is 5.09. The zero-order valence-electron chi connectivity index (χ0n) is 19.9. The second-order valence-corrected chi connectivity index (χ2v) is 10.1. The molecule has 3 aromatic rings. The van der Waals surface area contributed by atoms with Gasteiger partial charge in [0.25, 0.3) is 5.91 Å². The number of aryl methyl sites for hydroxylation is 1. The van der Waals surface area contributed by atoms with Crippen LogP contribution in [0.3, 0.4) is 0 Å². The summed E-state index contributed by atoms with van der Waals surface area (Å²) in [5.41, 5.74) is 1.71. The Morgan fingerprint density at radius 1 is 1.26 bits per heavy atom. The van der Waals surface area contributed by atoms with Gasteiger partial charge in [0, 0.05) is 25.2 Å². The molecule has 2 aromatic heterocycles. The molecule has 0 unspecified atom stereocenters. The summed E-state index contributed by atoms with van der Waals surface area (Å²) in [4.78, 5) is 38.6. The van der Waals surface area contributed by atoms with Gasteiger partial charge < -0.3 is 25.6 Å². The van der Waals surface area contributed by atoms with Crippen molar-refractivity contribution in [2.24, 2.45) is 0 Å². The summed E-state index contributed by atoms with van der Waals surface area (Å²) in [5, 5.41) is 17.4. The zero-order valence-corrected chi connectivity index (χ0v) is 21.5. The van der Waals surface area contributed by atoms with E-state index in [1.165, 1.54) is 11.3 Å². The van der Waals surface area contributed by atoms with Crippen LogP contribution in [-0.4, -0.2) is 63.7 Å². The quantitative estimate of drug-likeness (QED) is 0.298. The first-order valence-corrected chi connectivity index (χ1v) is 13.3. The average molecular weight is 519 g/mol. The molecule has 3 heterocycles. The van der Waals surface area contributed by atoms with E-state index in [1.807, 2.05) is 13.0 Å². The van der Waals surface area contributed by atoms with E-state index < -0.39 is 5.97 Å². The molecule has 0 aliphatic carbocycles. The number of anilines is 1. The fourth-order valence-electron chi connectivity index (χ4n) is 4.38. The number of piperidine rings is 1. The maximum atomic E-state index is 12.9. The largest absolute Gasteiger partial charge is 0.478 e. The first-order chi connectivity index (χ1) is 16.9. The van der Waals surface area contributed by atoms with Crippen LogP contribution in [0, 0.1) is 0 Å². The third-order valence-corrected chi connectivity index (χ3v) is 7.80. The third kappa shape index (κ3) is 5.76. The number of fused-ring (bicyclic) bond motifs is 1. The first kappa shape index (κ1) is 25.4. The van der Waals surface area contributed by atoms with Crippen molar-refractivity contribution in [3.05, 3.63) is 40.4 Å². The predicted molar refractivity (Wildman–Crippen MR) is 139 cm³/mol. The molecule has 1 aliphatic heterocycles. The number of thiazole rings is 1. The van der Waals surface area contributed by atoms with Crippen molar-refractivity contribution in [2.75, 3.05) is 24.5 Å². The highest BCUT2D eigenvalue weighted by Gasteiger charge is 2.32. The van der Waals surface area contributed by atoms with Gasteiger partial charge in [0.15, 0.2) is 16.1 Å². The van der Waals surface area contributed by atoms with Crippen molar-refractivity contribution in [3.63, 3.8) is 0 Å². The van der Waals surface area contributed by atoms with E-state index in [0.717, 1.165) is 36.6 Å². The molecule has 1 aliphatic rings. The molecule has 11 heteroatoms. The minimum absolute atomic E-state index is 0.00610. The molecule has 4 rings (SSSR count). The van der Waals surface area contributed by atoms with Crippen LogP contribution < -0.4 is 15.5 Å². The van der Waals surface area contributed by atoms with Crippen molar-refractivity contribution >= 4 is 50.2 Å². The van der Waals surface area contributed by atoms with Gasteiger partial charge in [-0.25, -0.2) is 14.8 Å². The topological polar surface area (TPSA) is 123 Å². The van der Waals surface area contributed by atoms with Gasteiger partial charge in [-0.2, -0.15) is 0 Å². The van der Waals surface area contributed by atoms with Gasteiger partial charge in [-0.15, -0.1) is 0 Å². The standard InChI is InChI=1S/C24H31ClN6O3S/c1-3-5-6-11-26-18-13-31(24-29-17-9-7-8-14(23(33)34)19(17)35-24)12-10-16(18)28-22(32)21-27-15(4-2)20(25)30-21/h7-9,16,18,26H,3-6,10-13H2,1-2H3,(H,27,30)(H,28,32)(H,33,34)/t16-,18+/m1/s1. The molecule has 1 saturated heterocycles. The Hall–Kier alpha value is -2.69. The minimum Gasteiger partial charge on any atom is -0.478 e. The number of aromatic nitrogens is 3. The molecular formula is C24H31ClN6O3S. The number of aromatic carboxylic acids is 1. The van der Waals surface area contributed by atoms with Gasteiger partial charge in [0.1, 0.15) is 0 Å². The normalized spacial score (nSPS) is 18.2. The molecule has 1 fully saturated rings. The number of rotatable bonds is 10. The molecule has 9 nitrogen and oxygen atoms in total. The number of unbranched alkanes of at least 4 members (excludes halogenated alkanes) is 2. The lowest BCUT2D eigenvalue weighted by Crippen LogP contribution is -2.59. The van der Waals surface area contributed by atoms with Crippen LogP contribution in [0.5, 0.6) is 0 Å². The van der Waals surface area contributed by atoms with E-state index in [2.05, 4.69) is 32.4 Å². The highest BCUT2D eigenvalue weighted by molar-refractivity contribution is 7.22. The van der Waals surface area contributed by atoms with Crippen LogP contribution in [0.25, 0.3) is 10.2 Å². The van der Waals surface area contributed by atoms with Crippen molar-refractivity contribution < 1.29 is 14.7 Å². The second kappa shape index (κ2) is 11.4. The Balaban J connectivity index is 1.50. The Morgan fingerprint density at radius 3 is 2.80 bits per heavy atom. The first-order valence-electron chi connectivity index (χ1n) is 12.1. The highest BCUT2D eigenvalue weighted by atomic mass is 35.5. The number of amides is 1. The van der Waals surface area contributed by atoms with Crippen LogP contribution in [0.15, 0.2) is 18.2 Å². The summed E-state index contributed by atoms with van der Waals surface area (Å²) in [5.74, 6) is -0.991. The van der Waals surface area contributed by atoms with E-state index in [1.54, 1.807) is 12.1 Å². The van der Waals surface area contributed by atoms with Crippen molar-refractivity contribution in [2.45, 2.75) is 58.0 Å². The number of nitrogens with one attached hydrogen (secondary N) is 3. The van der Waals surface area contributed by atoms with Crippen molar-refractivity contribution in [3.8, 4) is 0 Å². The smallest absolute Gasteiger partial charge is 0.337 e. The van der Waals surface area contributed by atoms with Gasteiger partial charge in [0.05, 0.1) is 21.5 Å². The van der Waals surface area contributed by atoms with Crippen LogP contribution in [0.4, 0.5) is 5.13 Å². The monoisotopic (exact) mass is 518 g/mol. The lowest BCUT2D eigenvalue weighted by atomic mass is 9.99. The molecule has 4 N–H and O–H groups in total. The molecule has 188 valence electrons. The Labute approximate surface area is 213 Å². The van der Waals surface area contributed by atoms with E-state index in [9.17, 15) is 14.7 Å². The van der Waals surface area contributed by atoms with Gasteiger partial charge in [0.2, 0.25) is 0 Å². The molecule has 0 radical (unpaired) electrons. The van der Waals surface area contributed by atoms with Crippen molar-refractivity contribution in [1.82, 2.24) is 25.6 Å². The molecule has 2 atom stereocenters. The molecular weight excluding hydrogens is 488 g/mol. The number of imidazole rings is 1. The summed E-state index contributed by atoms with van der Waals surface area (Å²) in [6.07, 6.45) is 4.72. The maximum Gasteiger partial charge on any atom is 0.337 e. The van der Waals surface area contributed by atoms with Crippen molar-refractivity contribution in [1.29, 1.82) is 0 Å². The summed E-state index contributed by atoms with van der Waals surface area (Å²) in [6.45, 7) is 6.32. The maximum absolute atomic E-state index is 12.9. The number of benzene rings is 1. The van der Waals surface area contributed by atoms with E-state index in [0.29, 0.717) is 41.3 Å². The number of halogens is 1. The third-order valence-electron chi connectivity index (χ3n) is 6.32. The number of carboxylic acids is 1.